The Morgan fingerprint density at radius 1 is 1.00 bits per heavy atom. The van der Waals surface area contributed by atoms with Gasteiger partial charge >= 0.3 is 0 Å². The van der Waals surface area contributed by atoms with E-state index in [0.717, 1.165) is 25.1 Å². The lowest BCUT2D eigenvalue weighted by molar-refractivity contribution is -0.0595. The summed E-state index contributed by atoms with van der Waals surface area (Å²) in [5, 5.41) is 0. The first kappa shape index (κ1) is 14.8. The molecule has 0 aromatic heterocycles. The largest absolute Gasteiger partial charge is 0.345 e. The molecule has 88 valence electrons. The number of hydrogen-bond acceptors (Lipinski definition) is 2. The number of alkyl halides is 1. The van der Waals surface area contributed by atoms with Gasteiger partial charge in [0.2, 0.25) is 6.29 Å². The Morgan fingerprint density at radius 2 is 1.60 bits per heavy atom. The summed E-state index contributed by atoms with van der Waals surface area (Å²) in [6, 6.07) is 0. The number of rotatable bonds is 8. The van der Waals surface area contributed by atoms with E-state index in [4.69, 9.17) is 21.1 Å². The molecule has 0 aliphatic heterocycles. The van der Waals surface area contributed by atoms with E-state index < -0.39 is 0 Å². The Hall–Kier alpha value is -0.230. The van der Waals surface area contributed by atoms with Crippen LogP contribution in [0.1, 0.15) is 38.5 Å². The van der Waals surface area contributed by atoms with E-state index in [1.54, 1.807) is 14.2 Å². The first-order chi connectivity index (χ1) is 7.35. The summed E-state index contributed by atoms with van der Waals surface area (Å²) in [5.74, 6) is 6.74. The van der Waals surface area contributed by atoms with Crippen LogP contribution in [0.2, 0.25) is 0 Å². The third-order valence-corrected chi connectivity index (χ3v) is 2.35. The van der Waals surface area contributed by atoms with Crippen LogP contribution in [-0.2, 0) is 9.47 Å². The molecule has 0 atom stereocenters. The minimum atomic E-state index is -0.374. The van der Waals surface area contributed by atoms with Crippen molar-refractivity contribution in [2.75, 3.05) is 20.1 Å². The Bertz CT molecular complexity index is 180. The molecule has 0 aliphatic carbocycles. The molecule has 0 rings (SSSR count). The number of halogens is 1. The molecule has 0 bridgehead atoms. The Kier molecular flexibility index (Phi) is 11.7. The van der Waals surface area contributed by atoms with Gasteiger partial charge in [-0.15, -0.1) is 11.6 Å². The zero-order chi connectivity index (χ0) is 11.4. The van der Waals surface area contributed by atoms with Crippen molar-refractivity contribution in [2.45, 2.75) is 44.8 Å². The minimum Gasteiger partial charge on any atom is -0.345 e. The van der Waals surface area contributed by atoms with Crippen LogP contribution >= 0.6 is 11.6 Å². The second kappa shape index (κ2) is 11.8. The summed E-state index contributed by atoms with van der Waals surface area (Å²) in [6.07, 6.45) is 6.54. The molecule has 0 radical (unpaired) electrons. The van der Waals surface area contributed by atoms with Gasteiger partial charge in [0.05, 0.1) is 0 Å². The molecular formula is C12H21ClO2. The predicted molar refractivity (Wildman–Crippen MR) is 64.0 cm³/mol. The van der Waals surface area contributed by atoms with E-state index in [-0.39, 0.29) is 6.29 Å². The lowest BCUT2D eigenvalue weighted by Gasteiger charge is -2.03. The van der Waals surface area contributed by atoms with Gasteiger partial charge in [-0.2, -0.15) is 0 Å². The van der Waals surface area contributed by atoms with Gasteiger partial charge in [-0.05, 0) is 18.8 Å². The Labute approximate surface area is 98.3 Å². The van der Waals surface area contributed by atoms with Crippen LogP contribution in [-0.4, -0.2) is 26.4 Å². The van der Waals surface area contributed by atoms with E-state index in [9.17, 15) is 0 Å². The molecule has 0 amide bonds. The second-order valence-corrected chi connectivity index (χ2v) is 3.71. The quantitative estimate of drug-likeness (QED) is 0.277. The van der Waals surface area contributed by atoms with Gasteiger partial charge in [0, 0.05) is 26.5 Å². The number of hydrogen-bond donors (Lipinski definition) is 0. The average Bonchev–Trinajstić information content (AvgIpc) is 2.27. The molecule has 0 aromatic carbocycles. The van der Waals surface area contributed by atoms with Crippen LogP contribution in [0.3, 0.4) is 0 Å². The molecule has 15 heavy (non-hydrogen) atoms. The number of methoxy groups -OCH3 is 2. The van der Waals surface area contributed by atoms with E-state index in [1.807, 2.05) is 0 Å². The SMILES string of the molecule is COC(C#CCCCCCCCCl)OC. The van der Waals surface area contributed by atoms with Crippen LogP contribution in [0.5, 0.6) is 0 Å². The molecular weight excluding hydrogens is 212 g/mol. The maximum absolute atomic E-state index is 5.58. The fraction of sp³-hybridized carbons (Fsp3) is 0.833. The molecule has 0 fully saturated rings. The van der Waals surface area contributed by atoms with Crippen molar-refractivity contribution in [3.63, 3.8) is 0 Å². The number of unbranched alkanes of at least 4 members (excludes halogenated alkanes) is 5. The van der Waals surface area contributed by atoms with Gasteiger partial charge in [-0.1, -0.05) is 25.2 Å². The van der Waals surface area contributed by atoms with Crippen molar-refractivity contribution in [3.05, 3.63) is 0 Å². The van der Waals surface area contributed by atoms with Crippen molar-refractivity contribution in [2.24, 2.45) is 0 Å². The highest BCUT2D eigenvalue weighted by atomic mass is 35.5. The van der Waals surface area contributed by atoms with Gasteiger partial charge < -0.3 is 9.47 Å². The van der Waals surface area contributed by atoms with E-state index >= 15 is 0 Å². The Morgan fingerprint density at radius 3 is 2.20 bits per heavy atom. The van der Waals surface area contributed by atoms with Crippen molar-refractivity contribution in [1.82, 2.24) is 0 Å². The summed E-state index contributed by atoms with van der Waals surface area (Å²) >= 11 is 5.58. The lowest BCUT2D eigenvalue weighted by Crippen LogP contribution is -2.09. The molecule has 0 saturated heterocycles. The highest BCUT2D eigenvalue weighted by Gasteiger charge is 1.95. The van der Waals surface area contributed by atoms with Crippen molar-refractivity contribution in [1.29, 1.82) is 0 Å². The summed E-state index contributed by atoms with van der Waals surface area (Å²) in [5.41, 5.74) is 0. The van der Waals surface area contributed by atoms with Crippen molar-refractivity contribution in [3.8, 4) is 11.8 Å². The fourth-order valence-corrected chi connectivity index (χ4v) is 1.40. The zero-order valence-electron chi connectivity index (χ0n) is 9.72. The smallest absolute Gasteiger partial charge is 0.221 e. The zero-order valence-corrected chi connectivity index (χ0v) is 10.5. The van der Waals surface area contributed by atoms with Crippen molar-refractivity contribution < 1.29 is 9.47 Å². The van der Waals surface area contributed by atoms with Crippen LogP contribution < -0.4 is 0 Å². The van der Waals surface area contributed by atoms with E-state index in [1.165, 1.54) is 19.3 Å². The first-order valence-corrected chi connectivity index (χ1v) is 5.98. The van der Waals surface area contributed by atoms with Gasteiger partial charge in [0.15, 0.2) is 0 Å². The summed E-state index contributed by atoms with van der Waals surface area (Å²) < 4.78 is 9.90. The highest BCUT2D eigenvalue weighted by Crippen LogP contribution is 2.05. The summed E-state index contributed by atoms with van der Waals surface area (Å²) in [7, 11) is 3.18. The molecule has 0 heterocycles. The summed E-state index contributed by atoms with van der Waals surface area (Å²) in [6.45, 7) is 0. The molecule has 0 N–H and O–H groups in total. The third-order valence-electron chi connectivity index (χ3n) is 2.08. The molecule has 0 spiro atoms. The lowest BCUT2D eigenvalue weighted by atomic mass is 10.1. The van der Waals surface area contributed by atoms with Gasteiger partial charge in [0.1, 0.15) is 0 Å². The standard InChI is InChI=1S/C12H21ClO2/c1-14-12(15-2)10-8-6-4-3-5-7-9-11-13/h12H,3-7,9,11H2,1-2H3. The maximum Gasteiger partial charge on any atom is 0.221 e. The van der Waals surface area contributed by atoms with E-state index in [0.29, 0.717) is 0 Å². The normalized spacial score (nSPS) is 10.1. The summed E-state index contributed by atoms with van der Waals surface area (Å²) in [4.78, 5) is 0. The first-order valence-electron chi connectivity index (χ1n) is 5.45. The molecule has 0 aliphatic rings. The molecule has 0 unspecified atom stereocenters. The molecule has 0 saturated carbocycles. The fourth-order valence-electron chi connectivity index (χ4n) is 1.21. The van der Waals surface area contributed by atoms with Crippen LogP contribution in [0.25, 0.3) is 0 Å². The predicted octanol–water partition coefficient (Wildman–Crippen LogP) is 3.19. The van der Waals surface area contributed by atoms with Gasteiger partial charge in [-0.3, -0.25) is 0 Å². The maximum atomic E-state index is 5.58. The monoisotopic (exact) mass is 232 g/mol. The molecule has 3 heteroatoms. The highest BCUT2D eigenvalue weighted by molar-refractivity contribution is 6.17. The van der Waals surface area contributed by atoms with Crippen LogP contribution in [0.4, 0.5) is 0 Å². The second-order valence-electron chi connectivity index (χ2n) is 3.33. The van der Waals surface area contributed by atoms with Crippen molar-refractivity contribution >= 4 is 11.6 Å². The third kappa shape index (κ3) is 10.1. The Balaban J connectivity index is 3.28. The molecule has 2 nitrogen and oxygen atoms in total. The average molecular weight is 233 g/mol. The minimum absolute atomic E-state index is 0.374. The van der Waals surface area contributed by atoms with Crippen LogP contribution in [0, 0.1) is 11.8 Å². The van der Waals surface area contributed by atoms with Crippen LogP contribution in [0.15, 0.2) is 0 Å². The van der Waals surface area contributed by atoms with Gasteiger partial charge in [-0.25, -0.2) is 0 Å². The number of ether oxygens (including phenoxy) is 2. The molecule has 0 aromatic rings. The van der Waals surface area contributed by atoms with Gasteiger partial charge in [0.25, 0.3) is 0 Å². The van der Waals surface area contributed by atoms with E-state index in [2.05, 4.69) is 11.8 Å². The topological polar surface area (TPSA) is 18.5 Å².